The molecule has 0 atom stereocenters. The Kier molecular flexibility index (Phi) is 3.14. The maximum atomic E-state index is 10.6. The Morgan fingerprint density at radius 1 is 1.46 bits per heavy atom. The van der Waals surface area contributed by atoms with Crippen LogP contribution < -0.4 is 9.47 Å². The molecule has 1 rings (SSSR count). The highest BCUT2D eigenvalue weighted by molar-refractivity contribution is 6.32. The van der Waals surface area contributed by atoms with Gasteiger partial charge in [-0.2, -0.15) is 0 Å². The smallest absolute Gasteiger partial charge is 0.308 e. The van der Waals surface area contributed by atoms with E-state index in [1.54, 1.807) is 18.2 Å². The fraction of sp³-hybridized carbons (Fsp3) is 0.222. The molecule has 0 heterocycles. The van der Waals surface area contributed by atoms with Gasteiger partial charge in [0.1, 0.15) is 11.5 Å². The van der Waals surface area contributed by atoms with Gasteiger partial charge in [0, 0.05) is 13.0 Å². The van der Waals surface area contributed by atoms with Crippen molar-refractivity contribution in [3.05, 3.63) is 23.2 Å². The highest BCUT2D eigenvalue weighted by Crippen LogP contribution is 2.28. The van der Waals surface area contributed by atoms with E-state index in [0.29, 0.717) is 16.5 Å². The average molecular weight is 201 g/mol. The second kappa shape index (κ2) is 4.14. The third-order valence-electron chi connectivity index (χ3n) is 1.39. The lowest BCUT2D eigenvalue weighted by atomic mass is 10.3. The second-order valence-electron chi connectivity index (χ2n) is 2.39. The predicted molar refractivity (Wildman–Crippen MR) is 49.3 cm³/mol. The van der Waals surface area contributed by atoms with E-state index in [1.165, 1.54) is 14.0 Å². The largest absolute Gasteiger partial charge is 0.497 e. The number of hydrogen-bond donors (Lipinski definition) is 0. The van der Waals surface area contributed by atoms with Crippen molar-refractivity contribution in [3.8, 4) is 11.5 Å². The van der Waals surface area contributed by atoms with Gasteiger partial charge in [0.15, 0.2) is 0 Å². The van der Waals surface area contributed by atoms with Gasteiger partial charge in [-0.05, 0) is 12.1 Å². The molecule has 0 fully saturated rings. The minimum atomic E-state index is -0.396. The summed E-state index contributed by atoms with van der Waals surface area (Å²) >= 11 is 5.80. The Morgan fingerprint density at radius 2 is 2.15 bits per heavy atom. The fourth-order valence-electron chi connectivity index (χ4n) is 0.846. The topological polar surface area (TPSA) is 35.5 Å². The molecular formula is C9H9ClO3. The molecule has 1 aromatic carbocycles. The Labute approximate surface area is 81.2 Å². The van der Waals surface area contributed by atoms with Crippen LogP contribution in [0, 0.1) is 0 Å². The summed E-state index contributed by atoms with van der Waals surface area (Å²) in [5.74, 6) is 0.572. The summed E-state index contributed by atoms with van der Waals surface area (Å²) in [5, 5.41) is 0.356. The quantitative estimate of drug-likeness (QED) is 0.543. The summed E-state index contributed by atoms with van der Waals surface area (Å²) in [4.78, 5) is 10.6. The zero-order valence-electron chi connectivity index (χ0n) is 7.33. The summed E-state index contributed by atoms with van der Waals surface area (Å²) in [6, 6.07) is 4.84. The van der Waals surface area contributed by atoms with Gasteiger partial charge in [-0.25, -0.2) is 0 Å². The third kappa shape index (κ3) is 2.63. The molecule has 13 heavy (non-hydrogen) atoms. The first-order chi connectivity index (χ1) is 6.13. The van der Waals surface area contributed by atoms with Crippen LogP contribution in [0.1, 0.15) is 6.92 Å². The molecule has 0 aliphatic rings. The van der Waals surface area contributed by atoms with Crippen LogP contribution >= 0.6 is 11.6 Å². The number of esters is 1. The molecule has 4 heteroatoms. The summed E-state index contributed by atoms with van der Waals surface area (Å²) in [7, 11) is 1.54. The molecule has 0 spiro atoms. The Morgan fingerprint density at radius 3 is 2.62 bits per heavy atom. The summed E-state index contributed by atoms with van der Waals surface area (Å²) in [5.41, 5.74) is 0. The Balaban J connectivity index is 2.91. The van der Waals surface area contributed by atoms with E-state index in [2.05, 4.69) is 0 Å². The number of carbonyl (C=O) groups excluding carboxylic acids is 1. The zero-order chi connectivity index (χ0) is 9.84. The number of carbonyl (C=O) groups is 1. The highest BCUT2D eigenvalue weighted by atomic mass is 35.5. The van der Waals surface area contributed by atoms with Crippen LogP contribution in [-0.4, -0.2) is 13.1 Å². The standard InChI is InChI=1S/C9H9ClO3/c1-6(11)13-9-4-3-7(12-2)5-8(9)10/h3-5H,1-2H3. The van der Waals surface area contributed by atoms with Crippen molar-refractivity contribution in [3.63, 3.8) is 0 Å². The van der Waals surface area contributed by atoms with Crippen molar-refractivity contribution in [2.75, 3.05) is 7.11 Å². The molecule has 0 saturated heterocycles. The van der Waals surface area contributed by atoms with E-state index in [9.17, 15) is 4.79 Å². The van der Waals surface area contributed by atoms with E-state index in [1.807, 2.05) is 0 Å². The van der Waals surface area contributed by atoms with Gasteiger partial charge in [-0.15, -0.1) is 0 Å². The average Bonchev–Trinajstić information content (AvgIpc) is 2.08. The fourth-order valence-corrected chi connectivity index (χ4v) is 1.06. The van der Waals surface area contributed by atoms with Gasteiger partial charge in [0.05, 0.1) is 12.1 Å². The van der Waals surface area contributed by atoms with Crippen molar-refractivity contribution < 1.29 is 14.3 Å². The second-order valence-corrected chi connectivity index (χ2v) is 2.80. The first-order valence-electron chi connectivity index (χ1n) is 3.65. The van der Waals surface area contributed by atoms with Gasteiger partial charge >= 0.3 is 5.97 Å². The molecule has 0 aliphatic carbocycles. The summed E-state index contributed by atoms with van der Waals surface area (Å²) in [6.45, 7) is 1.32. The molecule has 1 aromatic rings. The van der Waals surface area contributed by atoms with Crippen LogP contribution in [0.25, 0.3) is 0 Å². The number of benzene rings is 1. The van der Waals surface area contributed by atoms with Gasteiger partial charge in [-0.3, -0.25) is 4.79 Å². The van der Waals surface area contributed by atoms with E-state index in [0.717, 1.165) is 0 Å². The van der Waals surface area contributed by atoms with Crippen LogP contribution in [0.15, 0.2) is 18.2 Å². The third-order valence-corrected chi connectivity index (χ3v) is 1.69. The SMILES string of the molecule is COc1ccc(OC(C)=O)c(Cl)c1. The first kappa shape index (κ1) is 9.86. The minimum Gasteiger partial charge on any atom is -0.497 e. The monoisotopic (exact) mass is 200 g/mol. The summed E-state index contributed by atoms with van der Waals surface area (Å²) < 4.78 is 9.75. The molecule has 0 unspecified atom stereocenters. The minimum absolute atomic E-state index is 0.343. The lowest BCUT2D eigenvalue weighted by Crippen LogP contribution is -2.01. The number of halogens is 1. The van der Waals surface area contributed by atoms with Gasteiger partial charge < -0.3 is 9.47 Å². The summed E-state index contributed by atoms with van der Waals surface area (Å²) in [6.07, 6.45) is 0. The van der Waals surface area contributed by atoms with E-state index < -0.39 is 5.97 Å². The van der Waals surface area contributed by atoms with Crippen molar-refractivity contribution in [2.45, 2.75) is 6.92 Å². The van der Waals surface area contributed by atoms with Gasteiger partial charge in [0.2, 0.25) is 0 Å². The van der Waals surface area contributed by atoms with Crippen LogP contribution in [0.5, 0.6) is 11.5 Å². The van der Waals surface area contributed by atoms with E-state index in [-0.39, 0.29) is 0 Å². The Hall–Kier alpha value is -1.22. The molecule has 0 aromatic heterocycles. The van der Waals surface area contributed by atoms with Crippen LogP contribution in [0.2, 0.25) is 5.02 Å². The molecule has 0 saturated carbocycles. The van der Waals surface area contributed by atoms with E-state index >= 15 is 0 Å². The first-order valence-corrected chi connectivity index (χ1v) is 4.03. The van der Waals surface area contributed by atoms with Crippen molar-refractivity contribution in [1.82, 2.24) is 0 Å². The molecule has 0 N–H and O–H groups in total. The molecule has 0 aliphatic heterocycles. The normalized spacial score (nSPS) is 9.46. The Bertz CT molecular complexity index is 323. The van der Waals surface area contributed by atoms with Crippen molar-refractivity contribution in [2.24, 2.45) is 0 Å². The number of methoxy groups -OCH3 is 1. The lowest BCUT2D eigenvalue weighted by molar-refractivity contribution is -0.131. The predicted octanol–water partition coefficient (Wildman–Crippen LogP) is 2.27. The number of ether oxygens (including phenoxy) is 2. The highest BCUT2D eigenvalue weighted by Gasteiger charge is 2.04. The van der Waals surface area contributed by atoms with E-state index in [4.69, 9.17) is 21.1 Å². The van der Waals surface area contributed by atoms with Crippen molar-refractivity contribution in [1.29, 1.82) is 0 Å². The maximum absolute atomic E-state index is 10.6. The van der Waals surface area contributed by atoms with Crippen LogP contribution in [-0.2, 0) is 4.79 Å². The molecular weight excluding hydrogens is 192 g/mol. The molecule has 3 nitrogen and oxygen atoms in total. The molecule has 70 valence electrons. The number of hydrogen-bond acceptors (Lipinski definition) is 3. The van der Waals surface area contributed by atoms with Gasteiger partial charge in [-0.1, -0.05) is 11.6 Å². The molecule has 0 amide bonds. The molecule has 0 radical (unpaired) electrons. The number of rotatable bonds is 2. The zero-order valence-corrected chi connectivity index (χ0v) is 8.09. The lowest BCUT2D eigenvalue weighted by Gasteiger charge is -2.05. The van der Waals surface area contributed by atoms with Crippen LogP contribution in [0.4, 0.5) is 0 Å². The van der Waals surface area contributed by atoms with Gasteiger partial charge in [0.25, 0.3) is 0 Å². The van der Waals surface area contributed by atoms with Crippen molar-refractivity contribution >= 4 is 17.6 Å². The van der Waals surface area contributed by atoms with Crippen LogP contribution in [0.3, 0.4) is 0 Å². The maximum Gasteiger partial charge on any atom is 0.308 e. The molecule has 0 bridgehead atoms.